The van der Waals surface area contributed by atoms with Crippen LogP contribution in [0.25, 0.3) is 0 Å². The van der Waals surface area contributed by atoms with Crippen LogP contribution in [-0.4, -0.2) is 32.8 Å². The summed E-state index contributed by atoms with van der Waals surface area (Å²) >= 11 is 6.98. The molecule has 0 bridgehead atoms. The van der Waals surface area contributed by atoms with Crippen molar-refractivity contribution in [2.45, 2.75) is 6.54 Å². The van der Waals surface area contributed by atoms with E-state index in [1.54, 1.807) is 42.5 Å². The molecule has 2 aromatic carbocycles. The van der Waals surface area contributed by atoms with Crippen molar-refractivity contribution < 1.29 is 14.4 Å². The standard InChI is InChI=1S/C18H11ClN4O3S/c19-11-5-3-4-10(8-11)15(24)20-18-22-21-14(27-18)9-23-16(25)12-6-1-2-7-13(12)17(23)26/h1-8H,9H2,(H,20,22,24). The molecule has 0 atom stereocenters. The van der Waals surface area contributed by atoms with Gasteiger partial charge in [-0.3, -0.25) is 24.6 Å². The number of fused-ring (bicyclic) bond motifs is 1. The van der Waals surface area contributed by atoms with Crippen LogP contribution in [0.15, 0.2) is 48.5 Å². The summed E-state index contributed by atoms with van der Waals surface area (Å²) < 4.78 is 0. The fourth-order valence-electron chi connectivity index (χ4n) is 2.69. The van der Waals surface area contributed by atoms with E-state index >= 15 is 0 Å². The molecule has 1 aliphatic heterocycles. The number of rotatable bonds is 4. The van der Waals surface area contributed by atoms with Crippen molar-refractivity contribution in [3.8, 4) is 0 Å². The van der Waals surface area contributed by atoms with Crippen molar-refractivity contribution in [1.29, 1.82) is 0 Å². The van der Waals surface area contributed by atoms with Crippen molar-refractivity contribution >= 4 is 45.8 Å². The fraction of sp³-hybridized carbons (Fsp3) is 0.0556. The lowest BCUT2D eigenvalue weighted by molar-refractivity contribution is 0.0641. The molecular weight excluding hydrogens is 388 g/mol. The minimum absolute atomic E-state index is 0.00293. The Morgan fingerprint density at radius 3 is 2.41 bits per heavy atom. The van der Waals surface area contributed by atoms with Gasteiger partial charge in [0.2, 0.25) is 5.13 Å². The normalized spacial score (nSPS) is 13.0. The van der Waals surface area contributed by atoms with Gasteiger partial charge >= 0.3 is 0 Å². The minimum atomic E-state index is -0.374. The summed E-state index contributed by atoms with van der Waals surface area (Å²) in [6.07, 6.45) is 0. The second-order valence-corrected chi connectivity index (χ2v) is 7.21. The first kappa shape index (κ1) is 17.3. The Morgan fingerprint density at radius 2 is 1.74 bits per heavy atom. The average Bonchev–Trinajstić information content (AvgIpc) is 3.20. The van der Waals surface area contributed by atoms with Crippen LogP contribution in [0, 0.1) is 0 Å². The van der Waals surface area contributed by atoms with Gasteiger partial charge in [0.1, 0.15) is 5.01 Å². The zero-order chi connectivity index (χ0) is 19.0. The smallest absolute Gasteiger partial charge is 0.261 e. The molecule has 134 valence electrons. The van der Waals surface area contributed by atoms with E-state index in [0.717, 1.165) is 16.2 Å². The van der Waals surface area contributed by atoms with Gasteiger partial charge in [0, 0.05) is 10.6 Å². The van der Waals surface area contributed by atoms with Crippen molar-refractivity contribution in [3.05, 3.63) is 75.3 Å². The van der Waals surface area contributed by atoms with Gasteiger partial charge in [0.25, 0.3) is 17.7 Å². The van der Waals surface area contributed by atoms with Gasteiger partial charge < -0.3 is 0 Å². The largest absolute Gasteiger partial charge is 0.296 e. The molecule has 0 saturated carbocycles. The van der Waals surface area contributed by atoms with Gasteiger partial charge in [-0.05, 0) is 30.3 Å². The van der Waals surface area contributed by atoms with Crippen molar-refractivity contribution in [3.63, 3.8) is 0 Å². The Morgan fingerprint density at radius 1 is 1.04 bits per heavy atom. The summed E-state index contributed by atoms with van der Waals surface area (Å²) in [4.78, 5) is 38.1. The monoisotopic (exact) mass is 398 g/mol. The third-order valence-electron chi connectivity index (χ3n) is 3.95. The molecular formula is C18H11ClN4O3S. The maximum absolute atomic E-state index is 12.4. The number of hydrogen-bond donors (Lipinski definition) is 1. The van der Waals surface area contributed by atoms with E-state index in [0.29, 0.717) is 26.7 Å². The lowest BCUT2D eigenvalue weighted by Gasteiger charge is -2.10. The first-order chi connectivity index (χ1) is 13.0. The quantitative estimate of drug-likeness (QED) is 0.681. The van der Waals surface area contributed by atoms with E-state index < -0.39 is 0 Å². The predicted octanol–water partition coefficient (Wildman–Crippen LogP) is 3.24. The molecule has 0 radical (unpaired) electrons. The number of benzene rings is 2. The van der Waals surface area contributed by atoms with E-state index in [9.17, 15) is 14.4 Å². The second kappa shape index (κ2) is 6.90. The molecule has 0 fully saturated rings. The molecule has 7 nitrogen and oxygen atoms in total. The summed E-state index contributed by atoms with van der Waals surface area (Å²) in [5.41, 5.74) is 1.14. The molecule has 3 amide bonds. The maximum Gasteiger partial charge on any atom is 0.261 e. The zero-order valence-corrected chi connectivity index (χ0v) is 15.3. The van der Waals surface area contributed by atoms with Crippen LogP contribution in [0.4, 0.5) is 5.13 Å². The van der Waals surface area contributed by atoms with Crippen LogP contribution >= 0.6 is 22.9 Å². The van der Waals surface area contributed by atoms with E-state index in [1.807, 2.05) is 0 Å². The van der Waals surface area contributed by atoms with Gasteiger partial charge in [0.15, 0.2) is 0 Å². The number of imide groups is 1. The molecule has 0 aliphatic carbocycles. The van der Waals surface area contributed by atoms with Gasteiger partial charge in [-0.2, -0.15) is 0 Å². The number of halogens is 1. The Hall–Kier alpha value is -3.10. The van der Waals surface area contributed by atoms with Crippen molar-refractivity contribution in [1.82, 2.24) is 15.1 Å². The number of hydrogen-bond acceptors (Lipinski definition) is 6. The topological polar surface area (TPSA) is 92.3 Å². The lowest BCUT2D eigenvalue weighted by Crippen LogP contribution is -2.29. The van der Waals surface area contributed by atoms with Crippen LogP contribution in [0.1, 0.15) is 36.1 Å². The molecule has 4 rings (SSSR count). The van der Waals surface area contributed by atoms with E-state index in [4.69, 9.17) is 11.6 Å². The summed E-state index contributed by atoms with van der Waals surface area (Å²) in [6.45, 7) is -0.00293. The Kier molecular flexibility index (Phi) is 4.43. The number of amides is 3. The van der Waals surface area contributed by atoms with Gasteiger partial charge in [-0.1, -0.05) is 41.1 Å². The number of aromatic nitrogens is 2. The number of carbonyl (C=O) groups excluding carboxylic acids is 3. The maximum atomic E-state index is 12.4. The van der Waals surface area contributed by atoms with Gasteiger partial charge in [-0.15, -0.1) is 10.2 Å². The highest BCUT2D eigenvalue weighted by Gasteiger charge is 2.35. The highest BCUT2D eigenvalue weighted by Crippen LogP contribution is 2.26. The average molecular weight is 399 g/mol. The summed E-state index contributed by atoms with van der Waals surface area (Å²) in [5.74, 6) is -1.11. The van der Waals surface area contributed by atoms with Crippen LogP contribution in [0.2, 0.25) is 5.02 Å². The molecule has 3 aromatic rings. The fourth-order valence-corrected chi connectivity index (χ4v) is 3.60. The summed E-state index contributed by atoms with van der Waals surface area (Å²) in [6, 6.07) is 13.2. The van der Waals surface area contributed by atoms with Crippen LogP contribution < -0.4 is 5.32 Å². The van der Waals surface area contributed by atoms with Crippen molar-refractivity contribution in [2.24, 2.45) is 0 Å². The number of anilines is 1. The summed E-state index contributed by atoms with van der Waals surface area (Å²) in [5, 5.41) is 11.6. The Bertz CT molecular complexity index is 1050. The molecule has 27 heavy (non-hydrogen) atoms. The molecule has 2 heterocycles. The van der Waals surface area contributed by atoms with E-state index in [-0.39, 0.29) is 29.4 Å². The number of carbonyl (C=O) groups is 3. The van der Waals surface area contributed by atoms with Crippen molar-refractivity contribution in [2.75, 3.05) is 5.32 Å². The molecule has 0 spiro atoms. The SMILES string of the molecule is O=C(Nc1nnc(CN2C(=O)c3ccccc3C2=O)s1)c1cccc(Cl)c1. The van der Waals surface area contributed by atoms with E-state index in [2.05, 4.69) is 15.5 Å². The van der Waals surface area contributed by atoms with Gasteiger partial charge in [0.05, 0.1) is 17.7 Å². The highest BCUT2D eigenvalue weighted by atomic mass is 35.5. The second-order valence-electron chi connectivity index (χ2n) is 5.71. The number of nitrogens with one attached hydrogen (secondary N) is 1. The van der Waals surface area contributed by atoms with E-state index in [1.165, 1.54) is 6.07 Å². The molecule has 0 saturated heterocycles. The highest BCUT2D eigenvalue weighted by molar-refractivity contribution is 7.15. The van der Waals surface area contributed by atoms with Gasteiger partial charge in [-0.25, -0.2) is 0 Å². The molecule has 0 unspecified atom stereocenters. The number of nitrogens with zero attached hydrogens (tertiary/aromatic N) is 3. The molecule has 1 aromatic heterocycles. The molecule has 1 aliphatic rings. The Labute approximate surface area is 162 Å². The van der Waals surface area contributed by atoms with Crippen LogP contribution in [0.5, 0.6) is 0 Å². The molecule has 1 N–H and O–H groups in total. The Balaban J connectivity index is 1.47. The minimum Gasteiger partial charge on any atom is -0.296 e. The van der Waals surface area contributed by atoms with Crippen LogP contribution in [0.3, 0.4) is 0 Å². The third-order valence-corrected chi connectivity index (χ3v) is 5.00. The zero-order valence-electron chi connectivity index (χ0n) is 13.7. The first-order valence-corrected chi connectivity index (χ1v) is 9.07. The third kappa shape index (κ3) is 3.32. The lowest BCUT2D eigenvalue weighted by atomic mass is 10.1. The molecule has 9 heteroatoms. The summed E-state index contributed by atoms with van der Waals surface area (Å²) in [7, 11) is 0. The predicted molar refractivity (Wildman–Crippen MR) is 100.0 cm³/mol. The van der Waals surface area contributed by atoms with Crippen LogP contribution in [-0.2, 0) is 6.54 Å². The first-order valence-electron chi connectivity index (χ1n) is 7.87.